The average molecular weight is 465 g/mol. The molecular formula is C21H22F3N5O4. The molecule has 1 spiro atoms. The highest BCUT2D eigenvalue weighted by atomic mass is 19.4. The molecule has 1 N–H and O–H groups in total. The molecule has 0 unspecified atom stereocenters. The first kappa shape index (κ1) is 24.1. The molecule has 2 saturated heterocycles. The lowest BCUT2D eigenvalue weighted by Gasteiger charge is -2.45. The van der Waals surface area contributed by atoms with Crippen molar-refractivity contribution >= 4 is 17.8 Å². The van der Waals surface area contributed by atoms with E-state index in [4.69, 9.17) is 9.90 Å². The zero-order valence-electron chi connectivity index (χ0n) is 17.5. The molecule has 2 aliphatic rings. The Balaban J connectivity index is 0.000000383. The fraction of sp³-hybridized carbons (Fsp3) is 0.429. The van der Waals surface area contributed by atoms with Crippen molar-refractivity contribution in [1.29, 1.82) is 0 Å². The van der Waals surface area contributed by atoms with E-state index in [1.165, 1.54) is 12.4 Å². The Morgan fingerprint density at radius 1 is 1.06 bits per heavy atom. The van der Waals surface area contributed by atoms with E-state index in [0.717, 1.165) is 24.8 Å². The number of aliphatic carboxylic acids is 1. The smallest absolute Gasteiger partial charge is 0.475 e. The molecule has 4 rings (SSSR count). The van der Waals surface area contributed by atoms with Gasteiger partial charge in [-0.3, -0.25) is 14.6 Å². The number of nitrogens with zero attached hydrogens (tertiary/aromatic N) is 5. The molecule has 0 aromatic carbocycles. The number of hydrogen-bond acceptors (Lipinski definition) is 6. The van der Waals surface area contributed by atoms with Gasteiger partial charge in [0.25, 0.3) is 5.91 Å². The van der Waals surface area contributed by atoms with Crippen molar-refractivity contribution in [3.63, 3.8) is 0 Å². The van der Waals surface area contributed by atoms with Crippen LogP contribution in [0, 0.1) is 0 Å². The van der Waals surface area contributed by atoms with E-state index in [1.54, 1.807) is 12.3 Å². The number of carbonyl (C=O) groups is 3. The van der Waals surface area contributed by atoms with Crippen LogP contribution in [0.2, 0.25) is 0 Å². The molecule has 0 atom stereocenters. The average Bonchev–Trinajstić information content (AvgIpc) is 3.10. The van der Waals surface area contributed by atoms with Crippen LogP contribution in [-0.4, -0.2) is 72.7 Å². The molecule has 2 aromatic rings. The van der Waals surface area contributed by atoms with E-state index in [-0.39, 0.29) is 17.4 Å². The van der Waals surface area contributed by atoms with Crippen LogP contribution >= 0.6 is 0 Å². The van der Waals surface area contributed by atoms with Crippen LogP contribution in [0.5, 0.6) is 0 Å². The van der Waals surface area contributed by atoms with Crippen LogP contribution < -0.4 is 0 Å². The minimum absolute atomic E-state index is 0.0158. The zero-order chi connectivity index (χ0) is 24.1. The quantitative estimate of drug-likeness (QED) is 0.739. The Morgan fingerprint density at radius 2 is 1.76 bits per heavy atom. The van der Waals surface area contributed by atoms with Gasteiger partial charge in [0.2, 0.25) is 5.91 Å². The Morgan fingerprint density at radius 3 is 2.30 bits per heavy atom. The fourth-order valence-corrected chi connectivity index (χ4v) is 4.05. The van der Waals surface area contributed by atoms with Gasteiger partial charge in [-0.05, 0) is 37.0 Å². The number of pyridine rings is 1. The zero-order valence-corrected chi connectivity index (χ0v) is 17.5. The maximum absolute atomic E-state index is 12.6. The second kappa shape index (κ2) is 9.92. The lowest BCUT2D eigenvalue weighted by Crippen LogP contribution is -2.53. The summed E-state index contributed by atoms with van der Waals surface area (Å²) in [6.07, 6.45) is 4.57. The summed E-state index contributed by atoms with van der Waals surface area (Å²) in [6, 6.07) is 5.58. The van der Waals surface area contributed by atoms with Crippen LogP contribution in [-0.2, 0) is 16.1 Å². The lowest BCUT2D eigenvalue weighted by molar-refractivity contribution is -0.192. The van der Waals surface area contributed by atoms with Gasteiger partial charge < -0.3 is 14.9 Å². The van der Waals surface area contributed by atoms with Crippen molar-refractivity contribution in [3.8, 4) is 0 Å². The van der Waals surface area contributed by atoms with Gasteiger partial charge in [-0.25, -0.2) is 4.79 Å². The Hall–Kier alpha value is -3.57. The number of likely N-dealkylation sites (tertiary alicyclic amines) is 2. The van der Waals surface area contributed by atoms with Crippen molar-refractivity contribution < 1.29 is 32.7 Å². The molecule has 0 aliphatic carbocycles. The molecule has 0 bridgehead atoms. The van der Waals surface area contributed by atoms with Gasteiger partial charge in [0, 0.05) is 44.0 Å². The van der Waals surface area contributed by atoms with Crippen LogP contribution in [0.4, 0.5) is 13.2 Å². The summed E-state index contributed by atoms with van der Waals surface area (Å²) in [7, 11) is 0. The lowest BCUT2D eigenvalue weighted by atomic mass is 9.84. The Kier molecular flexibility index (Phi) is 7.24. The summed E-state index contributed by atoms with van der Waals surface area (Å²) in [5, 5.41) is 14.6. The first-order valence-corrected chi connectivity index (χ1v) is 10.2. The van der Waals surface area contributed by atoms with E-state index in [1.807, 2.05) is 28.1 Å². The number of carbonyl (C=O) groups excluding carboxylic acids is 2. The number of piperidine rings is 1. The summed E-state index contributed by atoms with van der Waals surface area (Å²) >= 11 is 0. The third-order valence-electron chi connectivity index (χ3n) is 5.80. The van der Waals surface area contributed by atoms with Gasteiger partial charge in [0.05, 0.1) is 18.0 Å². The number of amides is 2. The van der Waals surface area contributed by atoms with Gasteiger partial charge in [-0.2, -0.15) is 23.4 Å². The van der Waals surface area contributed by atoms with Gasteiger partial charge >= 0.3 is 12.1 Å². The Bertz CT molecular complexity index is 980. The minimum Gasteiger partial charge on any atom is -0.475 e. The number of aromatic nitrogens is 3. The van der Waals surface area contributed by atoms with E-state index in [0.29, 0.717) is 31.6 Å². The third-order valence-corrected chi connectivity index (χ3v) is 5.80. The van der Waals surface area contributed by atoms with E-state index in [9.17, 15) is 22.8 Å². The van der Waals surface area contributed by atoms with Crippen LogP contribution in [0.15, 0.2) is 43.0 Å². The molecule has 33 heavy (non-hydrogen) atoms. The molecule has 2 amide bonds. The van der Waals surface area contributed by atoms with Crippen molar-refractivity contribution in [2.24, 2.45) is 0 Å². The summed E-state index contributed by atoms with van der Waals surface area (Å²) in [5.41, 5.74) is 1.47. The number of alkyl halides is 3. The largest absolute Gasteiger partial charge is 0.490 e. The summed E-state index contributed by atoms with van der Waals surface area (Å²) < 4.78 is 31.7. The normalized spacial score (nSPS) is 17.5. The van der Waals surface area contributed by atoms with Gasteiger partial charge in [0.15, 0.2) is 0 Å². The van der Waals surface area contributed by atoms with Gasteiger partial charge in [0.1, 0.15) is 0 Å². The van der Waals surface area contributed by atoms with E-state index in [2.05, 4.69) is 15.2 Å². The standard InChI is InChI=1S/C19H21N5O2.C2HF3O2/c25-17-3-5-19(24(17)14-15-2-1-8-20-12-15)6-10-23(11-7-19)18(26)16-4-9-21-22-13-16;3-2(4,5)1(6)7/h1-2,4,8-9,12-13H,3,5-7,10-11,14H2;(H,6,7). The van der Waals surface area contributed by atoms with Crippen molar-refractivity contribution in [2.45, 2.75) is 43.9 Å². The molecule has 9 nitrogen and oxygen atoms in total. The van der Waals surface area contributed by atoms with Crippen LogP contribution in [0.1, 0.15) is 41.6 Å². The second-order valence-electron chi connectivity index (χ2n) is 7.79. The molecule has 12 heteroatoms. The molecule has 2 fully saturated rings. The topological polar surface area (TPSA) is 117 Å². The molecule has 4 heterocycles. The van der Waals surface area contributed by atoms with E-state index >= 15 is 0 Å². The summed E-state index contributed by atoms with van der Waals surface area (Å²) in [4.78, 5) is 42.0. The highest BCUT2D eigenvalue weighted by Gasteiger charge is 2.47. The number of carboxylic acid groups (broad SMARTS) is 1. The fourth-order valence-electron chi connectivity index (χ4n) is 4.05. The van der Waals surface area contributed by atoms with Gasteiger partial charge in [-0.1, -0.05) is 6.07 Å². The molecule has 2 aliphatic heterocycles. The predicted molar refractivity (Wildman–Crippen MR) is 108 cm³/mol. The first-order chi connectivity index (χ1) is 15.6. The van der Waals surface area contributed by atoms with Gasteiger partial charge in [-0.15, -0.1) is 0 Å². The first-order valence-electron chi connectivity index (χ1n) is 10.2. The molecule has 2 aromatic heterocycles. The van der Waals surface area contributed by atoms with Crippen molar-refractivity contribution in [2.75, 3.05) is 13.1 Å². The monoisotopic (exact) mass is 465 g/mol. The summed E-state index contributed by atoms with van der Waals surface area (Å²) in [6.45, 7) is 1.89. The number of hydrogen-bond donors (Lipinski definition) is 1. The van der Waals surface area contributed by atoms with E-state index < -0.39 is 12.1 Å². The summed E-state index contributed by atoms with van der Waals surface area (Å²) in [5.74, 6) is -2.57. The van der Waals surface area contributed by atoms with Crippen LogP contribution in [0.25, 0.3) is 0 Å². The maximum atomic E-state index is 12.6. The van der Waals surface area contributed by atoms with Crippen molar-refractivity contribution in [1.82, 2.24) is 25.0 Å². The second-order valence-corrected chi connectivity index (χ2v) is 7.79. The number of rotatable bonds is 3. The number of carboxylic acids is 1. The Labute approximate surface area is 187 Å². The van der Waals surface area contributed by atoms with Crippen LogP contribution in [0.3, 0.4) is 0 Å². The van der Waals surface area contributed by atoms with Crippen molar-refractivity contribution in [3.05, 3.63) is 54.1 Å². The SMILES string of the molecule is O=C(O)C(F)(F)F.O=C(c1ccnnc1)N1CCC2(CCC(=O)N2Cc2cccnc2)CC1. The molecule has 0 radical (unpaired) electrons. The molecule has 0 saturated carbocycles. The molecule has 176 valence electrons. The molecular weight excluding hydrogens is 443 g/mol. The predicted octanol–water partition coefficient (Wildman–Crippen LogP) is 2.30. The minimum atomic E-state index is -5.08. The highest BCUT2D eigenvalue weighted by molar-refractivity contribution is 5.93. The third kappa shape index (κ3) is 5.82. The highest BCUT2D eigenvalue weighted by Crippen LogP contribution is 2.40. The number of halogens is 3. The maximum Gasteiger partial charge on any atom is 0.490 e.